The number of phenols is 1. The van der Waals surface area contributed by atoms with Crippen LogP contribution in [-0.2, 0) is 26.1 Å². The Balaban J connectivity index is 0.00000118. The van der Waals surface area contributed by atoms with Crippen molar-refractivity contribution < 1.29 is 33.8 Å². The average Bonchev–Trinajstić information content (AvgIpc) is 2.25. The van der Waals surface area contributed by atoms with E-state index in [1.807, 2.05) is 41.5 Å². The van der Waals surface area contributed by atoms with Crippen LogP contribution in [0.2, 0.25) is 0 Å². The number of phenolic OH excluding ortho intramolecular Hbond substituents is 1. The number of rotatable bonds is 2. The van der Waals surface area contributed by atoms with E-state index in [1.165, 1.54) is 0 Å². The van der Waals surface area contributed by atoms with E-state index in [0.29, 0.717) is 16.7 Å². The predicted octanol–water partition coefficient (Wildman–Crippen LogP) is 3.03. The van der Waals surface area contributed by atoms with Crippen LogP contribution in [-0.4, -0.2) is 24.7 Å². The predicted molar refractivity (Wildman–Crippen MR) is 94.7 cm³/mol. The van der Waals surface area contributed by atoms with Gasteiger partial charge in [-0.3, -0.25) is 9.13 Å². The first-order chi connectivity index (χ1) is 10.4. The normalized spacial score (nSPS) is 12.8. The molecule has 0 unspecified atom stereocenters. The Morgan fingerprint density at radius 1 is 0.958 bits per heavy atom. The highest BCUT2D eigenvalue weighted by Gasteiger charge is 2.27. The monoisotopic (exact) mass is 382 g/mol. The summed E-state index contributed by atoms with van der Waals surface area (Å²) in [4.78, 5) is 32.7. The molecule has 0 bridgehead atoms. The van der Waals surface area contributed by atoms with Crippen LogP contribution in [0.3, 0.4) is 0 Å². The molecule has 0 aliphatic heterocycles. The van der Waals surface area contributed by atoms with E-state index in [2.05, 4.69) is 0 Å². The smallest absolute Gasteiger partial charge is 0.329 e. The van der Waals surface area contributed by atoms with Crippen molar-refractivity contribution in [1.82, 2.24) is 0 Å². The molecule has 0 atom stereocenters. The van der Waals surface area contributed by atoms with Gasteiger partial charge >= 0.3 is 15.9 Å². The molecule has 7 nitrogen and oxygen atoms in total. The van der Waals surface area contributed by atoms with Crippen molar-refractivity contribution in [3.63, 3.8) is 0 Å². The minimum absolute atomic E-state index is 0.222. The molecule has 0 aliphatic carbocycles. The molecule has 0 aliphatic rings. The fourth-order valence-corrected chi connectivity index (χ4v) is 2.83. The second-order valence-corrected chi connectivity index (χ2v) is 9.86. The summed E-state index contributed by atoms with van der Waals surface area (Å²) in [6.45, 7) is 11.8. The molecule has 5 N–H and O–H groups in total. The number of hydrogen-bond donors (Lipinski definition) is 5. The van der Waals surface area contributed by atoms with Crippen LogP contribution in [0.15, 0.2) is 12.1 Å². The summed E-state index contributed by atoms with van der Waals surface area (Å²) in [6, 6.07) is 3.40. The molecule has 0 saturated heterocycles. The third-order valence-electron chi connectivity index (χ3n) is 3.17. The first-order valence-corrected chi connectivity index (χ1v) is 10.4. The minimum Gasteiger partial charge on any atom is -0.507 e. The lowest BCUT2D eigenvalue weighted by Crippen LogP contribution is -2.18. The van der Waals surface area contributed by atoms with Crippen molar-refractivity contribution in [2.45, 2.75) is 58.5 Å². The summed E-state index contributed by atoms with van der Waals surface area (Å²) in [5, 5.41) is 10.5. The van der Waals surface area contributed by atoms with Gasteiger partial charge in [-0.2, -0.15) is 0 Å². The van der Waals surface area contributed by atoms with Crippen molar-refractivity contribution in [2.24, 2.45) is 0 Å². The van der Waals surface area contributed by atoms with Crippen LogP contribution < -0.4 is 0 Å². The van der Waals surface area contributed by atoms with E-state index in [0.717, 1.165) is 0 Å². The van der Waals surface area contributed by atoms with Gasteiger partial charge in [-0.15, -0.1) is 0 Å². The highest BCUT2D eigenvalue weighted by molar-refractivity contribution is 7.50. The fraction of sp³-hybridized carbons (Fsp3) is 0.600. The van der Waals surface area contributed by atoms with Gasteiger partial charge in [0.2, 0.25) is 0 Å². The van der Waals surface area contributed by atoms with Crippen molar-refractivity contribution in [1.29, 1.82) is 0 Å². The van der Waals surface area contributed by atoms with Gasteiger partial charge in [-0.05, 0) is 27.5 Å². The Bertz CT molecular complexity index is 597. The summed E-state index contributed by atoms with van der Waals surface area (Å²) < 4.78 is 20.0. The van der Waals surface area contributed by atoms with Crippen molar-refractivity contribution in [3.8, 4) is 5.75 Å². The van der Waals surface area contributed by atoms with Gasteiger partial charge in [-0.1, -0.05) is 53.7 Å². The first kappa shape index (κ1) is 23.3. The van der Waals surface area contributed by atoms with E-state index in [9.17, 15) is 19.5 Å². The molecule has 1 aromatic rings. The molecular formula is C15H28O7P2. The average molecular weight is 382 g/mol. The molecule has 0 heterocycles. The summed E-state index contributed by atoms with van der Waals surface area (Å²) >= 11 is 0. The number of hydrogen-bond acceptors (Lipinski definition) is 3. The lowest BCUT2D eigenvalue weighted by molar-refractivity contribution is 0.371. The Morgan fingerprint density at radius 2 is 1.25 bits per heavy atom. The second-order valence-electron chi connectivity index (χ2n) is 7.64. The number of aromatic hydroxyl groups is 1. The van der Waals surface area contributed by atoms with Crippen LogP contribution >= 0.6 is 15.9 Å². The van der Waals surface area contributed by atoms with Crippen LogP contribution in [0.5, 0.6) is 5.75 Å². The van der Waals surface area contributed by atoms with Crippen LogP contribution in [0.1, 0.15) is 58.2 Å². The molecule has 0 spiro atoms. The Morgan fingerprint density at radius 3 is 1.46 bits per heavy atom. The summed E-state index contributed by atoms with van der Waals surface area (Å²) in [5.74, 6) is 0.222. The minimum atomic E-state index is -4.13. The molecule has 9 heteroatoms. The molecule has 0 aromatic heterocycles. The first-order valence-electron chi connectivity index (χ1n) is 7.28. The second kappa shape index (κ2) is 8.13. The fourth-order valence-electron chi connectivity index (χ4n) is 2.17. The molecule has 140 valence electrons. The summed E-state index contributed by atoms with van der Waals surface area (Å²) in [5.41, 5.74) is 1.40. The molecule has 0 fully saturated rings. The summed E-state index contributed by atoms with van der Waals surface area (Å²) in [6.07, 6.45) is -0.306. The van der Waals surface area contributed by atoms with Gasteiger partial charge in [0.25, 0.3) is 0 Å². The third kappa shape index (κ3) is 8.43. The maximum absolute atomic E-state index is 11.2. The van der Waals surface area contributed by atoms with E-state index in [-0.39, 0.29) is 22.7 Å². The lowest BCUT2D eigenvalue weighted by atomic mass is 9.78. The van der Waals surface area contributed by atoms with Gasteiger partial charge in [0.05, 0.1) is 6.16 Å². The van der Waals surface area contributed by atoms with Gasteiger partial charge in [0.1, 0.15) is 5.75 Å². The zero-order valence-corrected chi connectivity index (χ0v) is 16.8. The van der Waals surface area contributed by atoms with Crippen LogP contribution in [0.25, 0.3) is 0 Å². The maximum atomic E-state index is 11.2. The Kier molecular flexibility index (Phi) is 7.90. The molecule has 0 radical (unpaired) electrons. The lowest BCUT2D eigenvalue weighted by Gasteiger charge is -2.28. The SMILES string of the molecule is CC(C)(C)c1cc(CP(=O)(O)O)cc(C(C)(C)C)c1O.O=[PH](O)O. The molecule has 0 amide bonds. The van der Waals surface area contributed by atoms with E-state index in [4.69, 9.17) is 14.4 Å². The molecule has 1 rings (SSSR count). The standard InChI is InChI=1S/C15H25O4P.H3O3P/c1-14(2,3)11-7-10(9-20(17,18)19)8-12(13(11)16)15(4,5)6;1-4(2)3/h7-8,16H,9H2,1-6H3,(H2,17,18,19);4H,(H2,1,2,3). The topological polar surface area (TPSA) is 135 Å². The van der Waals surface area contributed by atoms with Gasteiger partial charge in [0.15, 0.2) is 0 Å². The van der Waals surface area contributed by atoms with Gasteiger partial charge in [-0.25, -0.2) is 0 Å². The maximum Gasteiger partial charge on any atom is 0.329 e. The quantitative estimate of drug-likeness (QED) is 0.496. The molecular weight excluding hydrogens is 354 g/mol. The van der Waals surface area contributed by atoms with E-state index >= 15 is 0 Å². The van der Waals surface area contributed by atoms with Crippen LogP contribution in [0, 0.1) is 0 Å². The highest BCUT2D eigenvalue weighted by atomic mass is 31.2. The zero-order chi connectivity index (χ0) is 19.5. The van der Waals surface area contributed by atoms with E-state index in [1.54, 1.807) is 12.1 Å². The van der Waals surface area contributed by atoms with E-state index < -0.39 is 15.9 Å². The van der Waals surface area contributed by atoms with Crippen molar-refractivity contribution >= 4 is 15.9 Å². The molecule has 1 aromatic carbocycles. The third-order valence-corrected chi connectivity index (χ3v) is 3.95. The van der Waals surface area contributed by atoms with Crippen molar-refractivity contribution in [2.75, 3.05) is 0 Å². The van der Waals surface area contributed by atoms with Crippen LogP contribution in [0.4, 0.5) is 0 Å². The Hall–Kier alpha value is -0.680. The highest BCUT2D eigenvalue weighted by Crippen LogP contribution is 2.44. The molecule has 0 saturated carbocycles. The largest absolute Gasteiger partial charge is 0.507 e. The number of benzene rings is 1. The Labute approximate surface area is 143 Å². The van der Waals surface area contributed by atoms with Gasteiger partial charge < -0.3 is 24.7 Å². The zero-order valence-electron chi connectivity index (χ0n) is 14.9. The summed E-state index contributed by atoms with van der Waals surface area (Å²) in [7, 11) is -7.26. The molecule has 24 heavy (non-hydrogen) atoms. The van der Waals surface area contributed by atoms with Gasteiger partial charge in [0, 0.05) is 0 Å². The van der Waals surface area contributed by atoms with Crippen molar-refractivity contribution in [3.05, 3.63) is 28.8 Å².